The summed E-state index contributed by atoms with van der Waals surface area (Å²) in [6, 6.07) is 54.5. The summed E-state index contributed by atoms with van der Waals surface area (Å²) in [5.74, 6) is 0. The number of nitrogens with zero attached hydrogens (tertiary/aromatic N) is 2. The van der Waals surface area contributed by atoms with Crippen LogP contribution in [-0.2, 0) is 27.1 Å². The first kappa shape index (κ1) is 42.2. The van der Waals surface area contributed by atoms with E-state index in [1.54, 1.807) is 0 Å². The molecule has 10 rings (SSSR count). The lowest BCUT2D eigenvalue weighted by molar-refractivity contribution is 0.589. The zero-order chi connectivity index (χ0) is 45.5. The van der Waals surface area contributed by atoms with Crippen LogP contribution in [0, 0.1) is 0 Å². The third kappa shape index (κ3) is 6.67. The first-order valence-electron chi connectivity index (χ1n) is 23.5. The first-order chi connectivity index (χ1) is 30.0. The van der Waals surface area contributed by atoms with Crippen molar-refractivity contribution in [1.29, 1.82) is 0 Å². The maximum absolute atomic E-state index is 2.60. The maximum atomic E-state index is 2.60. The molecule has 2 aliphatic heterocycles. The van der Waals surface area contributed by atoms with Gasteiger partial charge in [-0.25, -0.2) is 0 Å². The van der Waals surface area contributed by atoms with Crippen molar-refractivity contribution in [1.82, 2.24) is 0 Å². The molecule has 7 aromatic carbocycles. The van der Waals surface area contributed by atoms with Gasteiger partial charge in [0.15, 0.2) is 0 Å². The van der Waals surface area contributed by atoms with E-state index in [1.807, 2.05) is 0 Å². The predicted octanol–water partition coefficient (Wildman–Crippen LogP) is 14.9. The molecule has 0 radical (unpaired) electrons. The summed E-state index contributed by atoms with van der Waals surface area (Å²) in [7, 11) is 0. The molecule has 1 aliphatic carbocycles. The fourth-order valence-electron chi connectivity index (χ4n) is 10.8. The second-order valence-electron chi connectivity index (χ2n) is 23.6. The van der Waals surface area contributed by atoms with Gasteiger partial charge in [0.2, 0.25) is 0 Å². The Bertz CT molecular complexity index is 3010. The van der Waals surface area contributed by atoms with E-state index in [4.69, 9.17) is 0 Å². The van der Waals surface area contributed by atoms with Gasteiger partial charge in [0.25, 0.3) is 6.71 Å². The van der Waals surface area contributed by atoms with Crippen molar-refractivity contribution < 1.29 is 0 Å². The lowest BCUT2D eigenvalue weighted by Crippen LogP contribution is -2.61. The van der Waals surface area contributed by atoms with Gasteiger partial charge in [0, 0.05) is 39.5 Å². The first-order valence-corrected chi connectivity index (χ1v) is 23.5. The van der Waals surface area contributed by atoms with Crippen LogP contribution in [0.15, 0.2) is 140 Å². The predicted molar refractivity (Wildman–Crippen MR) is 278 cm³/mol. The minimum Gasteiger partial charge on any atom is -0.311 e. The van der Waals surface area contributed by atoms with Crippen LogP contribution in [0.25, 0.3) is 22.3 Å². The van der Waals surface area contributed by atoms with Crippen molar-refractivity contribution in [2.75, 3.05) is 9.80 Å². The Labute approximate surface area is 384 Å². The quantitative estimate of drug-likeness (QED) is 0.164. The highest BCUT2D eigenvalue weighted by Gasteiger charge is 2.45. The molecule has 322 valence electrons. The minimum atomic E-state index is -0.0997. The van der Waals surface area contributed by atoms with Gasteiger partial charge >= 0.3 is 0 Å². The van der Waals surface area contributed by atoms with Crippen LogP contribution in [0.1, 0.15) is 130 Å². The lowest BCUT2D eigenvalue weighted by atomic mass is 9.33. The Morgan fingerprint density at radius 3 is 1.44 bits per heavy atom. The second kappa shape index (κ2) is 14.1. The van der Waals surface area contributed by atoms with E-state index in [0.717, 1.165) is 0 Å². The van der Waals surface area contributed by atoms with Gasteiger partial charge in [-0.05, 0) is 148 Å². The summed E-state index contributed by atoms with van der Waals surface area (Å²) in [5.41, 5.74) is 24.7. The van der Waals surface area contributed by atoms with Crippen LogP contribution in [0.5, 0.6) is 0 Å². The maximum Gasteiger partial charge on any atom is 0.252 e. The Balaban J connectivity index is 1.25. The van der Waals surface area contributed by atoms with Gasteiger partial charge in [-0.15, -0.1) is 0 Å². The summed E-state index contributed by atoms with van der Waals surface area (Å²) in [5, 5.41) is 0. The third-order valence-electron chi connectivity index (χ3n) is 14.7. The number of benzene rings is 7. The summed E-state index contributed by atoms with van der Waals surface area (Å²) in [6.07, 6.45) is 0. The van der Waals surface area contributed by atoms with Gasteiger partial charge in [0.05, 0.1) is 0 Å². The Hall–Kier alpha value is -5.80. The molecule has 3 heteroatoms. The number of rotatable bonds is 3. The number of hydrogen-bond donors (Lipinski definition) is 0. The fourth-order valence-corrected chi connectivity index (χ4v) is 10.8. The molecule has 0 amide bonds. The molecule has 64 heavy (non-hydrogen) atoms. The van der Waals surface area contributed by atoms with E-state index >= 15 is 0 Å². The Morgan fingerprint density at radius 2 is 0.875 bits per heavy atom. The van der Waals surface area contributed by atoms with Crippen LogP contribution in [0.2, 0.25) is 0 Å². The zero-order valence-electron chi connectivity index (χ0n) is 40.8. The molecule has 0 N–H and O–H groups in total. The van der Waals surface area contributed by atoms with Crippen molar-refractivity contribution in [3.8, 4) is 22.3 Å². The monoisotopic (exact) mass is 837 g/mol. The average Bonchev–Trinajstić information content (AvgIpc) is 3.47. The molecule has 0 aromatic heterocycles. The van der Waals surface area contributed by atoms with E-state index in [2.05, 4.69) is 246 Å². The van der Waals surface area contributed by atoms with Crippen LogP contribution < -0.4 is 26.2 Å². The lowest BCUT2D eigenvalue weighted by Gasteiger charge is -2.45. The van der Waals surface area contributed by atoms with Crippen LogP contribution in [0.3, 0.4) is 0 Å². The topological polar surface area (TPSA) is 6.48 Å². The Kier molecular flexibility index (Phi) is 9.29. The van der Waals surface area contributed by atoms with E-state index in [1.165, 1.54) is 106 Å². The smallest absolute Gasteiger partial charge is 0.252 e. The largest absolute Gasteiger partial charge is 0.311 e. The van der Waals surface area contributed by atoms with Gasteiger partial charge in [0.1, 0.15) is 0 Å². The second-order valence-corrected chi connectivity index (χ2v) is 23.6. The molecule has 7 aromatic rings. The number of hydrogen-bond acceptors (Lipinski definition) is 2. The summed E-state index contributed by atoms with van der Waals surface area (Å²) in [6.45, 7) is 32.8. The molecule has 0 saturated heterocycles. The van der Waals surface area contributed by atoms with Crippen molar-refractivity contribution in [3.05, 3.63) is 173 Å². The molecular weight excluding hydrogens is 771 g/mol. The molecule has 0 atom stereocenters. The standard InChI is InChI=1S/C61H65BN2/c1-57(2,3)40-23-27-44(28-24-40)63-52-30-25-41(58(4,5)6)34-50(52)62-51-35-42(59(7,8)9)26-31-53(51)64(55-37-43(60(10,11)12)36-54(63)56(55)62)45-19-17-18-38(32-45)39-22-29-49-47(33-39)46-20-15-16-21-48(46)61(49,13)14/h15-37H,1-14H3. The highest BCUT2D eigenvalue weighted by molar-refractivity contribution is 7.00. The summed E-state index contributed by atoms with van der Waals surface area (Å²) in [4.78, 5) is 5.18. The molecule has 0 saturated carbocycles. The molecule has 2 heterocycles. The summed E-state index contributed by atoms with van der Waals surface area (Å²) >= 11 is 0. The number of anilines is 6. The molecule has 0 fully saturated rings. The summed E-state index contributed by atoms with van der Waals surface area (Å²) < 4.78 is 0. The van der Waals surface area contributed by atoms with Gasteiger partial charge < -0.3 is 9.80 Å². The minimum absolute atomic E-state index is 0.0139. The molecule has 0 spiro atoms. The van der Waals surface area contributed by atoms with E-state index in [-0.39, 0.29) is 33.8 Å². The Morgan fingerprint density at radius 1 is 0.375 bits per heavy atom. The van der Waals surface area contributed by atoms with Crippen LogP contribution in [0.4, 0.5) is 34.1 Å². The molecular formula is C61H65BN2. The van der Waals surface area contributed by atoms with Crippen molar-refractivity contribution in [2.24, 2.45) is 0 Å². The van der Waals surface area contributed by atoms with E-state index in [9.17, 15) is 0 Å². The number of fused-ring (bicyclic) bond motifs is 7. The normalized spacial score (nSPS) is 15.1. The SMILES string of the molecule is CC(C)(C)c1ccc(N2c3ccc(C(C)(C)C)cc3B3c4cc(C(C)(C)C)ccc4N(c4cccc(-c5ccc6c(c5)-c5ccccc5C6(C)C)c4)c4cc(C(C)(C)C)cc2c43)cc1. The third-order valence-corrected chi connectivity index (χ3v) is 14.7. The van der Waals surface area contributed by atoms with Gasteiger partial charge in [-0.1, -0.05) is 182 Å². The highest BCUT2D eigenvalue weighted by atomic mass is 15.2. The van der Waals surface area contributed by atoms with Crippen LogP contribution in [-0.4, -0.2) is 6.71 Å². The molecule has 2 nitrogen and oxygen atoms in total. The van der Waals surface area contributed by atoms with Gasteiger partial charge in [-0.2, -0.15) is 0 Å². The highest BCUT2D eigenvalue weighted by Crippen LogP contribution is 2.51. The molecule has 0 unspecified atom stereocenters. The van der Waals surface area contributed by atoms with E-state index in [0.29, 0.717) is 0 Å². The molecule has 3 aliphatic rings. The van der Waals surface area contributed by atoms with Crippen molar-refractivity contribution >= 4 is 57.2 Å². The fraction of sp³-hybridized carbons (Fsp3) is 0.311. The average molecular weight is 837 g/mol. The van der Waals surface area contributed by atoms with Crippen molar-refractivity contribution in [3.63, 3.8) is 0 Å². The van der Waals surface area contributed by atoms with Crippen molar-refractivity contribution in [2.45, 2.75) is 124 Å². The zero-order valence-corrected chi connectivity index (χ0v) is 40.8. The van der Waals surface area contributed by atoms with Crippen LogP contribution >= 0.6 is 0 Å². The van der Waals surface area contributed by atoms with Gasteiger partial charge in [-0.3, -0.25) is 0 Å². The molecule has 0 bridgehead atoms. The van der Waals surface area contributed by atoms with E-state index < -0.39 is 0 Å².